The van der Waals surface area contributed by atoms with Gasteiger partial charge in [0.25, 0.3) is 0 Å². The third-order valence-corrected chi connectivity index (χ3v) is 7.68. The molecule has 2 aromatic carbocycles. The van der Waals surface area contributed by atoms with Crippen molar-refractivity contribution in [3.63, 3.8) is 0 Å². The first-order valence-electron chi connectivity index (χ1n) is 11.5. The third-order valence-electron chi connectivity index (χ3n) is 5.98. The second-order valence-corrected chi connectivity index (χ2v) is 15.3. The first kappa shape index (κ1) is 22.2. The lowest BCUT2D eigenvalue weighted by molar-refractivity contribution is 0.0875. The molecule has 0 amide bonds. The lowest BCUT2D eigenvalue weighted by atomic mass is 10.0. The summed E-state index contributed by atoms with van der Waals surface area (Å²) in [4.78, 5) is 22.5. The second-order valence-electron chi connectivity index (χ2n) is 9.67. The fraction of sp³-hybridized carbons (Fsp3) is 0.222. The summed E-state index contributed by atoms with van der Waals surface area (Å²) in [7, 11) is -1.20. The quantitative estimate of drug-likeness (QED) is 0.227. The van der Waals surface area contributed by atoms with Gasteiger partial charge < -0.3 is 4.74 Å². The molecule has 0 bridgehead atoms. The van der Waals surface area contributed by atoms with Crippen LogP contribution in [0.4, 0.5) is 0 Å². The fourth-order valence-electron chi connectivity index (χ4n) is 4.10. The number of fused-ring (bicyclic) bond motifs is 2. The number of rotatable bonds is 7. The molecule has 0 aliphatic heterocycles. The average molecular weight is 469 g/mol. The van der Waals surface area contributed by atoms with E-state index in [1.807, 2.05) is 54.7 Å². The molecule has 7 heteroatoms. The molecule has 34 heavy (non-hydrogen) atoms. The highest BCUT2D eigenvalue weighted by molar-refractivity contribution is 6.76. The molecule has 0 saturated carbocycles. The van der Waals surface area contributed by atoms with Crippen molar-refractivity contribution in [3.8, 4) is 16.8 Å². The molecule has 0 unspecified atom stereocenters. The van der Waals surface area contributed by atoms with Crippen LogP contribution in [-0.4, -0.2) is 33.8 Å². The van der Waals surface area contributed by atoms with Crippen LogP contribution in [-0.2, 0) is 11.5 Å². The highest BCUT2D eigenvalue weighted by atomic mass is 28.3. The molecule has 5 rings (SSSR count). The van der Waals surface area contributed by atoms with Gasteiger partial charge in [0.05, 0.1) is 16.7 Å². The molecular formula is C27H28N4O2Si. The summed E-state index contributed by atoms with van der Waals surface area (Å²) < 4.78 is 9.22. The zero-order valence-electron chi connectivity index (χ0n) is 19.7. The summed E-state index contributed by atoms with van der Waals surface area (Å²) in [6, 6.07) is 23.0. The maximum atomic E-state index is 13.4. The first-order valence-corrected chi connectivity index (χ1v) is 15.2. The normalized spacial score (nSPS) is 12.0. The van der Waals surface area contributed by atoms with Crippen molar-refractivity contribution >= 4 is 30.1 Å². The monoisotopic (exact) mass is 468 g/mol. The number of benzene rings is 2. The minimum atomic E-state index is -1.20. The molecule has 172 valence electrons. The Morgan fingerprint density at radius 1 is 0.882 bits per heavy atom. The van der Waals surface area contributed by atoms with Crippen LogP contribution >= 0.6 is 0 Å². The van der Waals surface area contributed by atoms with Crippen LogP contribution in [0.15, 0.2) is 83.9 Å². The number of hydrogen-bond donors (Lipinski definition) is 0. The van der Waals surface area contributed by atoms with E-state index in [0.717, 1.165) is 39.3 Å². The van der Waals surface area contributed by atoms with Crippen LogP contribution in [0.3, 0.4) is 0 Å². The van der Waals surface area contributed by atoms with Crippen LogP contribution < -0.4 is 5.69 Å². The largest absolute Gasteiger partial charge is 0.361 e. The van der Waals surface area contributed by atoms with Crippen molar-refractivity contribution < 1.29 is 4.74 Å². The summed E-state index contributed by atoms with van der Waals surface area (Å²) in [6.07, 6.45) is 3.52. The summed E-state index contributed by atoms with van der Waals surface area (Å²) >= 11 is 0. The Bertz CT molecular complexity index is 1510. The number of aromatic nitrogens is 4. The van der Waals surface area contributed by atoms with Crippen molar-refractivity contribution in [2.75, 3.05) is 6.61 Å². The van der Waals surface area contributed by atoms with Crippen LogP contribution in [0.1, 0.15) is 0 Å². The predicted molar refractivity (Wildman–Crippen MR) is 140 cm³/mol. The van der Waals surface area contributed by atoms with Crippen molar-refractivity contribution in [2.45, 2.75) is 32.4 Å². The van der Waals surface area contributed by atoms with Crippen molar-refractivity contribution in [2.24, 2.45) is 0 Å². The fourth-order valence-corrected chi connectivity index (χ4v) is 4.86. The standard InChI is InChI=1S/C27H28N4O2Si/c1-34(2,3)18-17-33-19-30-24-10-6-16-29-26(24)31(27(30)32)22-13-11-20(12-14-22)23-9-4-7-21-8-5-15-28-25(21)23/h4-16H,17-19H2,1-3H3. The maximum absolute atomic E-state index is 13.4. The lowest BCUT2D eigenvalue weighted by Gasteiger charge is -2.15. The Balaban J connectivity index is 1.50. The second kappa shape index (κ2) is 9.00. The van der Waals surface area contributed by atoms with Gasteiger partial charge >= 0.3 is 5.69 Å². The number of para-hydroxylation sites is 1. The van der Waals surface area contributed by atoms with E-state index < -0.39 is 8.07 Å². The zero-order valence-corrected chi connectivity index (χ0v) is 20.7. The maximum Gasteiger partial charge on any atom is 0.336 e. The zero-order chi connectivity index (χ0) is 23.7. The van der Waals surface area contributed by atoms with Crippen LogP contribution in [0.25, 0.3) is 38.9 Å². The highest BCUT2D eigenvalue weighted by Crippen LogP contribution is 2.28. The van der Waals surface area contributed by atoms with Gasteiger partial charge in [-0.2, -0.15) is 0 Å². The average Bonchev–Trinajstić information content (AvgIpc) is 3.12. The molecule has 3 aromatic heterocycles. The SMILES string of the molecule is C[Si](C)(C)CCOCn1c(=O)n(-c2ccc(-c3cccc4cccnc34)cc2)c2ncccc21. The van der Waals surface area contributed by atoms with Crippen molar-refractivity contribution in [1.29, 1.82) is 0 Å². The van der Waals surface area contributed by atoms with Gasteiger partial charge in [-0.3, -0.25) is 9.55 Å². The van der Waals surface area contributed by atoms with E-state index in [9.17, 15) is 4.79 Å². The first-order chi connectivity index (χ1) is 16.4. The molecule has 0 saturated heterocycles. The molecular weight excluding hydrogens is 440 g/mol. The molecule has 0 aliphatic carbocycles. The molecule has 0 radical (unpaired) electrons. The molecule has 0 N–H and O–H groups in total. The van der Waals surface area contributed by atoms with Gasteiger partial charge in [-0.15, -0.1) is 0 Å². The van der Waals surface area contributed by atoms with E-state index in [2.05, 4.69) is 47.8 Å². The van der Waals surface area contributed by atoms with Gasteiger partial charge in [0, 0.05) is 38.0 Å². The molecule has 0 fully saturated rings. The number of imidazole rings is 1. The molecule has 0 atom stereocenters. The van der Waals surface area contributed by atoms with E-state index in [1.165, 1.54) is 0 Å². The number of nitrogens with zero attached hydrogens (tertiary/aromatic N) is 4. The van der Waals surface area contributed by atoms with Crippen LogP contribution in [0.5, 0.6) is 0 Å². The molecule has 0 aliphatic rings. The Hall–Kier alpha value is -3.55. The minimum Gasteiger partial charge on any atom is -0.361 e. The van der Waals surface area contributed by atoms with Crippen LogP contribution in [0.2, 0.25) is 25.7 Å². The molecule has 0 spiro atoms. The van der Waals surface area contributed by atoms with E-state index in [0.29, 0.717) is 12.3 Å². The van der Waals surface area contributed by atoms with E-state index in [-0.39, 0.29) is 12.4 Å². The Kier molecular flexibility index (Phi) is 5.89. The summed E-state index contributed by atoms with van der Waals surface area (Å²) in [6.45, 7) is 7.82. The Morgan fingerprint density at radius 3 is 2.41 bits per heavy atom. The smallest absolute Gasteiger partial charge is 0.336 e. The lowest BCUT2D eigenvalue weighted by Crippen LogP contribution is -2.26. The predicted octanol–water partition coefficient (Wildman–Crippen LogP) is 5.71. The molecule has 5 aromatic rings. The van der Waals surface area contributed by atoms with Gasteiger partial charge in [-0.1, -0.05) is 56.0 Å². The van der Waals surface area contributed by atoms with Crippen molar-refractivity contribution in [1.82, 2.24) is 19.1 Å². The van der Waals surface area contributed by atoms with E-state index in [4.69, 9.17) is 4.74 Å². The Morgan fingerprint density at radius 2 is 1.62 bits per heavy atom. The van der Waals surface area contributed by atoms with E-state index in [1.54, 1.807) is 15.3 Å². The van der Waals surface area contributed by atoms with Crippen molar-refractivity contribution in [3.05, 3.63) is 89.6 Å². The Labute approximate surface area is 199 Å². The summed E-state index contributed by atoms with van der Waals surface area (Å²) in [5.41, 5.74) is 5.08. The summed E-state index contributed by atoms with van der Waals surface area (Å²) in [5.74, 6) is 0. The van der Waals surface area contributed by atoms with Gasteiger partial charge in [0.1, 0.15) is 6.73 Å². The number of hydrogen-bond acceptors (Lipinski definition) is 4. The molecule has 6 nitrogen and oxygen atoms in total. The number of pyridine rings is 2. The van der Waals surface area contributed by atoms with Gasteiger partial charge in [0.15, 0.2) is 5.65 Å². The highest BCUT2D eigenvalue weighted by Gasteiger charge is 2.17. The molecule has 3 heterocycles. The van der Waals surface area contributed by atoms with E-state index >= 15 is 0 Å². The van der Waals surface area contributed by atoms with Gasteiger partial charge in [-0.25, -0.2) is 14.3 Å². The third kappa shape index (κ3) is 4.32. The topological polar surface area (TPSA) is 61.9 Å². The van der Waals surface area contributed by atoms with Gasteiger partial charge in [0.2, 0.25) is 0 Å². The number of ether oxygens (including phenoxy) is 1. The minimum absolute atomic E-state index is 0.152. The summed E-state index contributed by atoms with van der Waals surface area (Å²) in [5, 5.41) is 1.10. The van der Waals surface area contributed by atoms with Gasteiger partial charge in [-0.05, 0) is 41.9 Å². The van der Waals surface area contributed by atoms with Crippen LogP contribution in [0, 0.1) is 0 Å².